The number of phenolic OH excluding ortho intramolecular Hbond substituents is 1. The van der Waals surface area contributed by atoms with Gasteiger partial charge in [0.2, 0.25) is 0 Å². The van der Waals surface area contributed by atoms with Crippen molar-refractivity contribution in [2.75, 3.05) is 27.3 Å². The summed E-state index contributed by atoms with van der Waals surface area (Å²) in [5, 5.41) is 9.74. The van der Waals surface area contributed by atoms with Crippen LogP contribution < -0.4 is 9.47 Å². The van der Waals surface area contributed by atoms with Gasteiger partial charge in [0, 0.05) is 18.7 Å². The summed E-state index contributed by atoms with van der Waals surface area (Å²) < 4.78 is 10.5. The number of halogens is 1. The maximum absolute atomic E-state index is 12.9. The summed E-state index contributed by atoms with van der Waals surface area (Å²) >= 11 is 6.24. The summed E-state index contributed by atoms with van der Waals surface area (Å²) in [6.45, 7) is 1.48. The molecule has 5 nitrogen and oxygen atoms in total. The summed E-state index contributed by atoms with van der Waals surface area (Å²) in [5.41, 5.74) is 1.75. The van der Waals surface area contributed by atoms with Gasteiger partial charge in [-0.05, 0) is 61.4 Å². The number of ether oxygens (including phenoxy) is 2. The van der Waals surface area contributed by atoms with Crippen molar-refractivity contribution in [3.8, 4) is 17.2 Å². The molecule has 2 aromatic rings. The SMILES string of the molecule is COc1cc(C(=O)N2CCC(CCc3ccc(O)cc3)CC2)cc(Cl)c1OC. The Bertz CT molecular complexity index is 814. The molecule has 1 heterocycles. The molecule has 28 heavy (non-hydrogen) atoms. The number of aromatic hydroxyl groups is 1. The third kappa shape index (κ3) is 4.71. The molecule has 3 rings (SSSR count). The second-order valence-electron chi connectivity index (χ2n) is 7.13. The van der Waals surface area contributed by atoms with Crippen molar-refractivity contribution in [2.24, 2.45) is 5.92 Å². The first-order valence-electron chi connectivity index (χ1n) is 9.50. The number of hydrogen-bond donors (Lipinski definition) is 1. The van der Waals surface area contributed by atoms with Crippen molar-refractivity contribution < 1.29 is 19.4 Å². The number of phenols is 1. The third-order valence-corrected chi connectivity index (χ3v) is 5.64. The highest BCUT2D eigenvalue weighted by Gasteiger charge is 2.25. The second-order valence-corrected chi connectivity index (χ2v) is 7.54. The Kier molecular flexibility index (Phi) is 6.68. The molecular formula is C22H26ClNO4. The Morgan fingerprint density at radius 1 is 1.14 bits per heavy atom. The van der Waals surface area contributed by atoms with E-state index in [4.69, 9.17) is 21.1 Å². The predicted molar refractivity (Wildman–Crippen MR) is 110 cm³/mol. The van der Waals surface area contributed by atoms with Gasteiger partial charge >= 0.3 is 0 Å². The molecule has 1 fully saturated rings. The smallest absolute Gasteiger partial charge is 0.254 e. The summed E-state index contributed by atoms with van der Waals surface area (Å²) in [5.74, 6) is 1.77. The average Bonchev–Trinajstić information content (AvgIpc) is 2.72. The van der Waals surface area contributed by atoms with E-state index < -0.39 is 0 Å². The van der Waals surface area contributed by atoms with Crippen molar-refractivity contribution >= 4 is 17.5 Å². The Morgan fingerprint density at radius 3 is 2.43 bits per heavy atom. The minimum atomic E-state index is -0.0279. The molecule has 0 atom stereocenters. The molecule has 0 aliphatic carbocycles. The minimum Gasteiger partial charge on any atom is -0.508 e. The van der Waals surface area contributed by atoms with Crippen LogP contribution in [0.3, 0.4) is 0 Å². The number of carbonyl (C=O) groups is 1. The Labute approximate surface area is 170 Å². The molecule has 6 heteroatoms. The molecule has 2 aromatic carbocycles. The fraction of sp³-hybridized carbons (Fsp3) is 0.409. The molecule has 0 radical (unpaired) electrons. The van der Waals surface area contributed by atoms with E-state index in [1.54, 1.807) is 24.3 Å². The number of likely N-dealkylation sites (tertiary alicyclic amines) is 1. The number of amides is 1. The van der Waals surface area contributed by atoms with Crippen LogP contribution in [0, 0.1) is 5.92 Å². The van der Waals surface area contributed by atoms with Crippen LogP contribution in [0.25, 0.3) is 0 Å². The van der Waals surface area contributed by atoms with Gasteiger partial charge in [-0.15, -0.1) is 0 Å². The van der Waals surface area contributed by atoms with Crippen molar-refractivity contribution in [1.82, 2.24) is 4.90 Å². The monoisotopic (exact) mass is 403 g/mol. The zero-order chi connectivity index (χ0) is 20.1. The van der Waals surface area contributed by atoms with Gasteiger partial charge in [-0.25, -0.2) is 0 Å². The van der Waals surface area contributed by atoms with Crippen LogP contribution in [-0.4, -0.2) is 43.2 Å². The number of benzene rings is 2. The fourth-order valence-electron chi connectivity index (χ4n) is 3.68. The maximum Gasteiger partial charge on any atom is 0.254 e. The number of methoxy groups -OCH3 is 2. The van der Waals surface area contributed by atoms with Gasteiger partial charge in [0.25, 0.3) is 5.91 Å². The molecule has 1 N–H and O–H groups in total. The van der Waals surface area contributed by atoms with Gasteiger partial charge in [-0.3, -0.25) is 4.79 Å². The Morgan fingerprint density at radius 2 is 1.82 bits per heavy atom. The number of piperidine rings is 1. The zero-order valence-electron chi connectivity index (χ0n) is 16.3. The molecule has 0 unspecified atom stereocenters. The first-order valence-corrected chi connectivity index (χ1v) is 9.88. The number of rotatable bonds is 6. The van der Waals surface area contributed by atoms with Crippen molar-refractivity contribution in [2.45, 2.75) is 25.7 Å². The van der Waals surface area contributed by atoms with Crippen molar-refractivity contribution in [1.29, 1.82) is 0 Å². The minimum absolute atomic E-state index is 0.0279. The highest BCUT2D eigenvalue weighted by Crippen LogP contribution is 2.36. The van der Waals surface area contributed by atoms with E-state index >= 15 is 0 Å². The van der Waals surface area contributed by atoms with Crippen molar-refractivity contribution in [3.63, 3.8) is 0 Å². The number of hydrogen-bond acceptors (Lipinski definition) is 4. The quantitative estimate of drug-likeness (QED) is 0.768. The molecule has 0 bridgehead atoms. The van der Waals surface area contributed by atoms with Gasteiger partial charge in [-0.1, -0.05) is 23.7 Å². The standard InChI is InChI=1S/C22H26ClNO4/c1-27-20-14-17(13-19(23)21(20)28-2)22(26)24-11-9-16(10-12-24)4-3-15-5-7-18(25)8-6-15/h5-8,13-14,16,25H,3-4,9-12H2,1-2H3. The Hall–Kier alpha value is -2.40. The molecule has 0 spiro atoms. The molecule has 1 saturated heterocycles. The number of carbonyl (C=O) groups excluding carboxylic acids is 1. The highest BCUT2D eigenvalue weighted by molar-refractivity contribution is 6.32. The summed E-state index contributed by atoms with van der Waals surface area (Å²) in [4.78, 5) is 14.8. The van der Waals surface area contributed by atoms with Crippen molar-refractivity contribution in [3.05, 3.63) is 52.5 Å². The molecular weight excluding hydrogens is 378 g/mol. The lowest BCUT2D eigenvalue weighted by Crippen LogP contribution is -2.38. The van der Waals surface area contributed by atoms with Gasteiger partial charge < -0.3 is 19.5 Å². The van der Waals surface area contributed by atoms with Gasteiger partial charge in [-0.2, -0.15) is 0 Å². The van der Waals surface area contributed by atoms with E-state index in [9.17, 15) is 9.90 Å². The largest absolute Gasteiger partial charge is 0.508 e. The van der Waals surface area contributed by atoms with Crippen LogP contribution in [0.2, 0.25) is 5.02 Å². The summed E-state index contributed by atoms with van der Waals surface area (Å²) in [6.07, 6.45) is 4.06. The van der Waals surface area contributed by atoms with Crippen LogP contribution in [-0.2, 0) is 6.42 Å². The molecule has 1 amide bonds. The van der Waals surface area contributed by atoms with Gasteiger partial charge in [0.05, 0.1) is 19.2 Å². The van der Waals surface area contributed by atoms with E-state index in [-0.39, 0.29) is 5.91 Å². The van der Waals surface area contributed by atoms with E-state index in [0.29, 0.717) is 33.8 Å². The zero-order valence-corrected chi connectivity index (χ0v) is 17.0. The molecule has 150 valence electrons. The van der Waals surface area contributed by atoms with E-state index in [0.717, 1.165) is 38.8 Å². The van der Waals surface area contributed by atoms with Crippen LogP contribution in [0.4, 0.5) is 0 Å². The first-order chi connectivity index (χ1) is 13.5. The lowest BCUT2D eigenvalue weighted by Gasteiger charge is -2.32. The number of aryl methyl sites for hydroxylation is 1. The van der Waals surface area contributed by atoms with Crippen LogP contribution in [0.5, 0.6) is 17.2 Å². The second kappa shape index (κ2) is 9.20. The Balaban J connectivity index is 1.56. The van der Waals surface area contributed by atoms with Gasteiger partial charge in [0.15, 0.2) is 11.5 Å². The molecule has 1 aliphatic heterocycles. The summed E-state index contributed by atoms with van der Waals surface area (Å²) in [6, 6.07) is 10.7. The molecule has 0 aromatic heterocycles. The highest BCUT2D eigenvalue weighted by atomic mass is 35.5. The van der Waals surface area contributed by atoms with Crippen LogP contribution >= 0.6 is 11.6 Å². The predicted octanol–water partition coefficient (Wildman–Crippen LogP) is 4.55. The van der Waals surface area contributed by atoms with E-state index in [1.807, 2.05) is 17.0 Å². The molecule has 1 aliphatic rings. The topological polar surface area (TPSA) is 59.0 Å². The van der Waals surface area contributed by atoms with E-state index in [1.165, 1.54) is 19.8 Å². The van der Waals surface area contributed by atoms with Crippen LogP contribution in [0.1, 0.15) is 35.2 Å². The first kappa shape index (κ1) is 20.3. The van der Waals surface area contributed by atoms with Gasteiger partial charge in [0.1, 0.15) is 5.75 Å². The lowest BCUT2D eigenvalue weighted by molar-refractivity contribution is 0.0686. The normalized spacial score (nSPS) is 14.8. The number of nitrogens with zero attached hydrogens (tertiary/aromatic N) is 1. The molecule has 0 saturated carbocycles. The van der Waals surface area contributed by atoms with E-state index in [2.05, 4.69) is 0 Å². The maximum atomic E-state index is 12.9. The van der Waals surface area contributed by atoms with Crippen LogP contribution in [0.15, 0.2) is 36.4 Å². The lowest BCUT2D eigenvalue weighted by atomic mass is 9.90. The fourth-order valence-corrected chi connectivity index (χ4v) is 3.97. The third-order valence-electron chi connectivity index (χ3n) is 5.36. The average molecular weight is 404 g/mol. The summed E-state index contributed by atoms with van der Waals surface area (Å²) in [7, 11) is 3.05.